The highest BCUT2D eigenvalue weighted by Gasteiger charge is 2.21. The van der Waals surface area contributed by atoms with Crippen molar-refractivity contribution < 1.29 is 13.5 Å². The third-order valence-electron chi connectivity index (χ3n) is 6.43. The van der Waals surface area contributed by atoms with Crippen molar-refractivity contribution in [3.05, 3.63) is 47.4 Å². The minimum absolute atomic E-state index is 0.147. The number of rotatable bonds is 9. The summed E-state index contributed by atoms with van der Waals surface area (Å²) in [5.74, 6) is 1.19. The summed E-state index contributed by atoms with van der Waals surface area (Å²) in [4.78, 5) is 9.37. The van der Waals surface area contributed by atoms with Gasteiger partial charge >= 0.3 is 0 Å². The predicted molar refractivity (Wildman–Crippen MR) is 126 cm³/mol. The molecule has 2 N–H and O–H groups in total. The number of hydrogen-bond donors (Lipinski definition) is 2. The smallest absolute Gasteiger partial charge is 0.150 e. The van der Waals surface area contributed by atoms with Gasteiger partial charge in [0.05, 0.1) is 12.2 Å². The standard InChI is InChI=1S/C25H33F2N5O/c1-4-18-15-28-25(29-18)24-20(26)12-19(13-21(24)27)33-11-5-6-17-7-9-32(10-8-17)23-14-22(16(2)3)30-31-23/h12-17H,4-11H2,1-3H3,(H,28,29)(H,30,31). The zero-order chi connectivity index (χ0) is 23.4. The second-order valence-corrected chi connectivity index (χ2v) is 9.13. The summed E-state index contributed by atoms with van der Waals surface area (Å²) in [5.41, 5.74) is 1.85. The molecule has 4 rings (SSSR count). The maximum absolute atomic E-state index is 14.5. The van der Waals surface area contributed by atoms with Gasteiger partial charge in [0, 0.05) is 48.9 Å². The third-order valence-corrected chi connectivity index (χ3v) is 6.43. The quantitative estimate of drug-likeness (QED) is 0.396. The molecule has 0 aliphatic carbocycles. The Morgan fingerprint density at radius 1 is 1.15 bits per heavy atom. The Bertz CT molecular complexity index is 1030. The fourth-order valence-corrected chi connectivity index (χ4v) is 4.32. The molecule has 0 unspecified atom stereocenters. The van der Waals surface area contributed by atoms with Crippen molar-refractivity contribution in [2.24, 2.45) is 5.92 Å². The molecular formula is C25H33F2N5O. The third kappa shape index (κ3) is 5.54. The molecule has 1 fully saturated rings. The van der Waals surface area contributed by atoms with Crippen LogP contribution in [0.4, 0.5) is 14.6 Å². The first-order chi connectivity index (χ1) is 15.9. The molecule has 8 heteroatoms. The number of nitrogens with zero attached hydrogens (tertiary/aromatic N) is 3. The Morgan fingerprint density at radius 2 is 1.88 bits per heavy atom. The summed E-state index contributed by atoms with van der Waals surface area (Å²) in [7, 11) is 0. The number of halogens is 2. The number of aryl methyl sites for hydroxylation is 1. The molecule has 0 radical (unpaired) electrons. The van der Waals surface area contributed by atoms with Crippen molar-refractivity contribution in [2.45, 2.75) is 58.8 Å². The zero-order valence-corrected chi connectivity index (χ0v) is 19.6. The molecule has 1 aliphatic rings. The molecule has 0 atom stereocenters. The van der Waals surface area contributed by atoms with Gasteiger partial charge in [-0.15, -0.1) is 0 Å². The van der Waals surface area contributed by atoms with Crippen LogP contribution in [0.15, 0.2) is 24.4 Å². The lowest BCUT2D eigenvalue weighted by molar-refractivity contribution is 0.277. The highest BCUT2D eigenvalue weighted by atomic mass is 19.1. The highest BCUT2D eigenvalue weighted by molar-refractivity contribution is 5.58. The van der Waals surface area contributed by atoms with E-state index in [0.717, 1.165) is 56.7 Å². The normalized spacial score (nSPS) is 14.9. The molecule has 3 heterocycles. The van der Waals surface area contributed by atoms with Crippen LogP contribution in [0.5, 0.6) is 5.75 Å². The van der Waals surface area contributed by atoms with E-state index in [4.69, 9.17) is 4.74 Å². The van der Waals surface area contributed by atoms with E-state index >= 15 is 0 Å². The number of ether oxygens (including phenoxy) is 1. The maximum Gasteiger partial charge on any atom is 0.150 e. The van der Waals surface area contributed by atoms with Crippen LogP contribution in [0.2, 0.25) is 0 Å². The summed E-state index contributed by atoms with van der Waals surface area (Å²) < 4.78 is 34.7. The van der Waals surface area contributed by atoms with Crippen LogP contribution in [-0.2, 0) is 6.42 Å². The van der Waals surface area contributed by atoms with Gasteiger partial charge in [-0.1, -0.05) is 20.8 Å². The average molecular weight is 458 g/mol. The van der Waals surface area contributed by atoms with Crippen molar-refractivity contribution >= 4 is 5.82 Å². The van der Waals surface area contributed by atoms with E-state index in [0.29, 0.717) is 18.4 Å². The molecule has 3 aromatic rings. The van der Waals surface area contributed by atoms with E-state index in [1.807, 2.05) is 6.92 Å². The molecule has 178 valence electrons. The number of H-pyrrole nitrogens is 2. The van der Waals surface area contributed by atoms with Crippen molar-refractivity contribution in [1.82, 2.24) is 20.2 Å². The van der Waals surface area contributed by atoms with Crippen LogP contribution >= 0.6 is 0 Å². The molecule has 1 aliphatic heterocycles. The number of piperidine rings is 1. The Balaban J connectivity index is 1.22. The zero-order valence-electron chi connectivity index (χ0n) is 19.6. The van der Waals surface area contributed by atoms with Crippen molar-refractivity contribution in [3.63, 3.8) is 0 Å². The Labute approximate surface area is 193 Å². The lowest BCUT2D eigenvalue weighted by Crippen LogP contribution is -2.34. The van der Waals surface area contributed by atoms with Gasteiger partial charge in [-0.3, -0.25) is 5.10 Å². The van der Waals surface area contributed by atoms with Crippen molar-refractivity contribution in [3.8, 4) is 17.1 Å². The maximum atomic E-state index is 14.5. The van der Waals surface area contributed by atoms with Gasteiger partial charge in [0.15, 0.2) is 5.82 Å². The van der Waals surface area contributed by atoms with Gasteiger partial charge in [-0.05, 0) is 43.9 Å². The summed E-state index contributed by atoms with van der Waals surface area (Å²) in [6.07, 6.45) is 6.45. The number of aromatic amines is 2. The molecule has 6 nitrogen and oxygen atoms in total. The van der Waals surface area contributed by atoms with Gasteiger partial charge in [0.1, 0.15) is 23.2 Å². The first-order valence-electron chi connectivity index (χ1n) is 11.9. The average Bonchev–Trinajstić information content (AvgIpc) is 3.47. The van der Waals surface area contributed by atoms with Crippen LogP contribution in [-0.4, -0.2) is 39.9 Å². The second-order valence-electron chi connectivity index (χ2n) is 9.13. The number of benzene rings is 1. The monoisotopic (exact) mass is 457 g/mol. The van der Waals surface area contributed by atoms with E-state index in [1.165, 1.54) is 17.8 Å². The number of anilines is 1. The van der Waals surface area contributed by atoms with Gasteiger partial charge in [0.25, 0.3) is 0 Å². The first-order valence-corrected chi connectivity index (χ1v) is 11.9. The molecule has 2 aromatic heterocycles. The Kier molecular flexibility index (Phi) is 7.30. The number of aromatic nitrogens is 4. The van der Waals surface area contributed by atoms with Crippen LogP contribution in [0.3, 0.4) is 0 Å². The fourth-order valence-electron chi connectivity index (χ4n) is 4.32. The molecule has 0 spiro atoms. The van der Waals surface area contributed by atoms with E-state index in [1.54, 1.807) is 6.20 Å². The minimum atomic E-state index is -0.673. The van der Waals surface area contributed by atoms with Crippen molar-refractivity contribution in [2.75, 3.05) is 24.6 Å². The topological polar surface area (TPSA) is 69.8 Å². The number of hydrogen-bond acceptors (Lipinski definition) is 4. The van der Waals surface area contributed by atoms with E-state index < -0.39 is 11.6 Å². The van der Waals surface area contributed by atoms with Crippen LogP contribution in [0, 0.1) is 17.6 Å². The first kappa shape index (κ1) is 23.3. The SMILES string of the molecule is CCc1cnc(-c2c(F)cc(OCCCC3CCN(c4cc(C(C)C)[nH]n4)CC3)cc2F)[nH]1. The Morgan fingerprint density at radius 3 is 2.48 bits per heavy atom. The second kappa shape index (κ2) is 10.4. The number of nitrogens with one attached hydrogen (secondary N) is 2. The van der Waals surface area contributed by atoms with E-state index in [2.05, 4.69) is 45.0 Å². The lowest BCUT2D eigenvalue weighted by atomic mass is 9.92. The van der Waals surface area contributed by atoms with Gasteiger partial charge < -0.3 is 14.6 Å². The molecule has 0 amide bonds. The fraction of sp³-hybridized carbons (Fsp3) is 0.520. The molecule has 33 heavy (non-hydrogen) atoms. The summed E-state index contributed by atoms with van der Waals surface area (Å²) in [6.45, 7) is 8.70. The van der Waals surface area contributed by atoms with Gasteiger partial charge in [0.2, 0.25) is 0 Å². The Hall–Kier alpha value is -2.90. The van der Waals surface area contributed by atoms with Crippen molar-refractivity contribution in [1.29, 1.82) is 0 Å². The molecule has 1 saturated heterocycles. The highest BCUT2D eigenvalue weighted by Crippen LogP contribution is 2.29. The van der Waals surface area contributed by atoms with Crippen LogP contribution in [0.25, 0.3) is 11.4 Å². The van der Waals surface area contributed by atoms with Crippen LogP contribution < -0.4 is 9.64 Å². The largest absolute Gasteiger partial charge is 0.493 e. The van der Waals surface area contributed by atoms with Gasteiger partial charge in [-0.2, -0.15) is 5.10 Å². The van der Waals surface area contributed by atoms with E-state index in [-0.39, 0.29) is 17.1 Å². The minimum Gasteiger partial charge on any atom is -0.493 e. The summed E-state index contributed by atoms with van der Waals surface area (Å²) in [6, 6.07) is 4.62. The van der Waals surface area contributed by atoms with Gasteiger partial charge in [-0.25, -0.2) is 13.8 Å². The van der Waals surface area contributed by atoms with E-state index in [9.17, 15) is 8.78 Å². The molecule has 0 saturated carbocycles. The summed E-state index contributed by atoms with van der Waals surface area (Å²) >= 11 is 0. The summed E-state index contributed by atoms with van der Waals surface area (Å²) in [5, 5.41) is 7.58. The number of imidazole rings is 1. The molecule has 1 aromatic carbocycles. The van der Waals surface area contributed by atoms with Crippen LogP contribution in [0.1, 0.15) is 63.8 Å². The predicted octanol–water partition coefficient (Wildman–Crippen LogP) is 5.84. The molecule has 0 bridgehead atoms. The molecular weight excluding hydrogens is 424 g/mol. The lowest BCUT2D eigenvalue weighted by Gasteiger charge is -2.32.